The Morgan fingerprint density at radius 2 is 1.73 bits per heavy atom. The number of benzene rings is 3. The Morgan fingerprint density at radius 1 is 1.06 bits per heavy atom. The third-order valence-electron chi connectivity index (χ3n) is 5.07. The summed E-state index contributed by atoms with van der Waals surface area (Å²) in [7, 11) is 0. The topological polar surface area (TPSA) is 94.6 Å². The molecule has 0 saturated heterocycles. The molecular weight excluding hydrogens is 440 g/mol. The molecule has 1 aliphatic rings. The molecule has 0 aromatic heterocycles. The summed E-state index contributed by atoms with van der Waals surface area (Å²) in [6.07, 6.45) is 0.0398. The van der Waals surface area contributed by atoms with Gasteiger partial charge in [-0.25, -0.2) is 4.79 Å². The highest BCUT2D eigenvalue weighted by Gasteiger charge is 2.31. The fourth-order valence-electron chi connectivity index (χ4n) is 3.61. The van der Waals surface area contributed by atoms with Gasteiger partial charge in [0.2, 0.25) is 5.88 Å². The summed E-state index contributed by atoms with van der Waals surface area (Å²) in [5.41, 5.74) is 8.31. The van der Waals surface area contributed by atoms with Crippen LogP contribution in [0.3, 0.4) is 0 Å². The summed E-state index contributed by atoms with van der Waals surface area (Å²) in [5, 5.41) is 10.3. The van der Waals surface area contributed by atoms with Gasteiger partial charge in [-0.1, -0.05) is 29.8 Å². The van der Waals surface area contributed by atoms with E-state index in [9.17, 15) is 10.1 Å². The normalized spacial score (nSPS) is 14.8. The van der Waals surface area contributed by atoms with Gasteiger partial charge in [0, 0.05) is 16.7 Å². The molecule has 1 atom stereocenters. The number of esters is 1. The molecule has 7 heteroatoms. The predicted molar refractivity (Wildman–Crippen MR) is 124 cm³/mol. The van der Waals surface area contributed by atoms with Crippen LogP contribution in [0.4, 0.5) is 0 Å². The van der Waals surface area contributed by atoms with Gasteiger partial charge in [0.25, 0.3) is 0 Å². The van der Waals surface area contributed by atoms with Crippen molar-refractivity contribution in [2.75, 3.05) is 0 Å². The molecular formula is C26H21ClN2O4. The van der Waals surface area contributed by atoms with Crippen LogP contribution in [0.5, 0.6) is 17.2 Å². The van der Waals surface area contributed by atoms with Crippen LogP contribution in [-0.2, 0) is 0 Å². The zero-order chi connectivity index (χ0) is 23.5. The van der Waals surface area contributed by atoms with E-state index in [2.05, 4.69) is 6.07 Å². The number of nitrogens with two attached hydrogens (primary N) is 1. The molecule has 0 fully saturated rings. The SMILES string of the molecule is CC(C)Oc1ccc(C(=O)Oc2ccc3c(c2)OC(N)=C(C#N)C3c2ccc(Cl)cc2)cc1. The van der Waals surface area contributed by atoms with Crippen molar-refractivity contribution < 1.29 is 19.0 Å². The van der Waals surface area contributed by atoms with Crippen LogP contribution in [0.2, 0.25) is 5.02 Å². The molecule has 3 aromatic carbocycles. The van der Waals surface area contributed by atoms with E-state index < -0.39 is 11.9 Å². The number of nitriles is 1. The summed E-state index contributed by atoms with van der Waals surface area (Å²) in [5.74, 6) is 0.454. The van der Waals surface area contributed by atoms with Crippen LogP contribution in [0.25, 0.3) is 0 Å². The third kappa shape index (κ3) is 4.79. The van der Waals surface area contributed by atoms with Crippen LogP contribution in [0.1, 0.15) is 41.3 Å². The minimum Gasteiger partial charge on any atom is -0.491 e. The van der Waals surface area contributed by atoms with Crippen molar-refractivity contribution in [1.82, 2.24) is 0 Å². The highest BCUT2D eigenvalue weighted by atomic mass is 35.5. The lowest BCUT2D eigenvalue weighted by atomic mass is 9.83. The Kier molecular flexibility index (Phi) is 6.25. The number of allylic oxidation sites excluding steroid dienone is 1. The molecule has 1 unspecified atom stereocenters. The van der Waals surface area contributed by atoms with Gasteiger partial charge in [0.1, 0.15) is 28.9 Å². The second-order valence-electron chi connectivity index (χ2n) is 7.76. The maximum atomic E-state index is 12.6. The Labute approximate surface area is 196 Å². The average molecular weight is 461 g/mol. The van der Waals surface area contributed by atoms with E-state index in [0.717, 1.165) is 11.1 Å². The van der Waals surface area contributed by atoms with Crippen molar-refractivity contribution in [3.8, 4) is 23.3 Å². The monoisotopic (exact) mass is 460 g/mol. The average Bonchev–Trinajstić information content (AvgIpc) is 2.79. The molecule has 0 spiro atoms. The number of carbonyl (C=O) groups excluding carboxylic acids is 1. The first-order chi connectivity index (χ1) is 15.9. The quantitative estimate of drug-likeness (QED) is 0.395. The fourth-order valence-corrected chi connectivity index (χ4v) is 3.73. The third-order valence-corrected chi connectivity index (χ3v) is 5.32. The van der Waals surface area contributed by atoms with E-state index in [4.69, 9.17) is 31.5 Å². The molecule has 0 amide bonds. The molecule has 0 radical (unpaired) electrons. The number of rotatable bonds is 5. The van der Waals surface area contributed by atoms with E-state index in [-0.39, 0.29) is 12.0 Å². The Hall–Kier alpha value is -3.95. The summed E-state index contributed by atoms with van der Waals surface area (Å²) in [6.45, 7) is 3.86. The summed E-state index contributed by atoms with van der Waals surface area (Å²) in [6, 6.07) is 21.1. The van der Waals surface area contributed by atoms with Crippen molar-refractivity contribution in [3.05, 3.63) is 99.9 Å². The Morgan fingerprint density at radius 3 is 2.36 bits per heavy atom. The van der Waals surface area contributed by atoms with Crippen LogP contribution in [0, 0.1) is 11.3 Å². The van der Waals surface area contributed by atoms with Crippen molar-refractivity contribution in [2.45, 2.75) is 25.9 Å². The van der Waals surface area contributed by atoms with Crippen molar-refractivity contribution in [2.24, 2.45) is 5.73 Å². The number of ether oxygens (including phenoxy) is 3. The lowest BCUT2D eigenvalue weighted by Crippen LogP contribution is -2.21. The molecule has 0 saturated carbocycles. The largest absolute Gasteiger partial charge is 0.491 e. The maximum absolute atomic E-state index is 12.6. The summed E-state index contributed by atoms with van der Waals surface area (Å²) >= 11 is 6.02. The van der Waals surface area contributed by atoms with Gasteiger partial charge in [-0.2, -0.15) is 5.26 Å². The van der Waals surface area contributed by atoms with Crippen molar-refractivity contribution >= 4 is 17.6 Å². The fraction of sp³-hybridized carbons (Fsp3) is 0.154. The molecule has 3 aromatic rings. The number of hydrogen-bond acceptors (Lipinski definition) is 6. The van der Waals surface area contributed by atoms with Gasteiger partial charge in [0.15, 0.2) is 0 Å². The zero-order valence-corrected chi connectivity index (χ0v) is 18.8. The molecule has 4 rings (SSSR count). The van der Waals surface area contributed by atoms with E-state index in [1.807, 2.05) is 26.0 Å². The summed E-state index contributed by atoms with van der Waals surface area (Å²) in [4.78, 5) is 12.6. The second-order valence-corrected chi connectivity index (χ2v) is 8.19. The minimum atomic E-state index is -0.516. The number of fused-ring (bicyclic) bond motifs is 1. The van der Waals surface area contributed by atoms with Gasteiger partial charge in [-0.3, -0.25) is 0 Å². The molecule has 1 aliphatic heterocycles. The first-order valence-corrected chi connectivity index (χ1v) is 10.7. The van der Waals surface area contributed by atoms with Crippen molar-refractivity contribution in [1.29, 1.82) is 5.26 Å². The zero-order valence-electron chi connectivity index (χ0n) is 18.0. The van der Waals surface area contributed by atoms with Crippen LogP contribution in [-0.4, -0.2) is 12.1 Å². The molecule has 6 nitrogen and oxygen atoms in total. The predicted octanol–water partition coefficient (Wildman–Crippen LogP) is 5.56. The molecule has 33 heavy (non-hydrogen) atoms. The molecule has 0 bridgehead atoms. The molecule has 166 valence electrons. The van der Waals surface area contributed by atoms with Crippen LogP contribution >= 0.6 is 11.6 Å². The van der Waals surface area contributed by atoms with Crippen LogP contribution in [0.15, 0.2) is 78.2 Å². The highest BCUT2D eigenvalue weighted by Crippen LogP contribution is 2.43. The van der Waals surface area contributed by atoms with Gasteiger partial charge >= 0.3 is 5.97 Å². The van der Waals surface area contributed by atoms with Crippen LogP contribution < -0.4 is 19.9 Å². The van der Waals surface area contributed by atoms with E-state index in [0.29, 0.717) is 33.4 Å². The van der Waals surface area contributed by atoms with E-state index in [1.165, 1.54) is 0 Å². The molecule has 1 heterocycles. The van der Waals surface area contributed by atoms with Gasteiger partial charge in [0.05, 0.1) is 17.6 Å². The number of carbonyl (C=O) groups is 1. The number of hydrogen-bond donors (Lipinski definition) is 1. The van der Waals surface area contributed by atoms with Gasteiger partial charge in [-0.05, 0) is 61.9 Å². The first-order valence-electron chi connectivity index (χ1n) is 10.3. The Balaban J connectivity index is 1.60. The Bertz CT molecular complexity index is 1260. The molecule has 0 aliphatic carbocycles. The number of nitrogens with zero attached hydrogens (tertiary/aromatic N) is 1. The van der Waals surface area contributed by atoms with Gasteiger partial charge in [-0.15, -0.1) is 0 Å². The summed E-state index contributed by atoms with van der Waals surface area (Å²) < 4.78 is 16.8. The second kappa shape index (κ2) is 9.27. The number of halogens is 1. The minimum absolute atomic E-state index is 0.00849. The standard InChI is InChI=1S/C26H21ClN2O4/c1-15(2)31-19-9-5-17(6-10-19)26(30)32-20-11-12-21-23(13-20)33-25(29)22(14-28)24(21)16-3-7-18(27)8-4-16/h3-13,15,24H,29H2,1-2H3. The van der Waals surface area contributed by atoms with Crippen molar-refractivity contribution in [3.63, 3.8) is 0 Å². The lowest BCUT2D eigenvalue weighted by Gasteiger charge is -2.26. The first kappa shape index (κ1) is 22.3. The van der Waals surface area contributed by atoms with E-state index in [1.54, 1.807) is 54.6 Å². The van der Waals surface area contributed by atoms with E-state index >= 15 is 0 Å². The molecule has 2 N–H and O–H groups in total. The lowest BCUT2D eigenvalue weighted by molar-refractivity contribution is 0.0734. The van der Waals surface area contributed by atoms with Gasteiger partial charge < -0.3 is 19.9 Å². The highest BCUT2D eigenvalue weighted by molar-refractivity contribution is 6.30. The maximum Gasteiger partial charge on any atom is 0.343 e. The smallest absolute Gasteiger partial charge is 0.343 e.